The second kappa shape index (κ2) is 6.45. The smallest absolute Gasteiger partial charge is 0.327 e. The number of methoxy groups -OCH3 is 1. The summed E-state index contributed by atoms with van der Waals surface area (Å²) in [4.78, 5) is 12.1. The third-order valence-corrected chi connectivity index (χ3v) is 6.12. The first-order chi connectivity index (χ1) is 11.5. The summed E-state index contributed by atoms with van der Waals surface area (Å²) in [6.07, 6.45) is 0.567. The molecule has 2 rings (SSSR count). The topological polar surface area (TPSA) is 95.9 Å². The van der Waals surface area contributed by atoms with Crippen LogP contribution >= 0.6 is 0 Å². The van der Waals surface area contributed by atoms with Crippen molar-refractivity contribution < 1.29 is 27.4 Å². The number of halogens is 1. The van der Waals surface area contributed by atoms with E-state index in [1.165, 1.54) is 21.0 Å². The van der Waals surface area contributed by atoms with Gasteiger partial charge in [-0.15, -0.1) is 0 Å². The lowest BCUT2D eigenvalue weighted by molar-refractivity contribution is -0.122. The zero-order chi connectivity index (χ0) is 19.2. The molecule has 1 heterocycles. The Kier molecular flexibility index (Phi) is 5.02. The van der Waals surface area contributed by atoms with E-state index in [1.807, 2.05) is 4.72 Å². The quantitative estimate of drug-likeness (QED) is 0.811. The Morgan fingerprint density at radius 3 is 2.32 bits per heavy atom. The van der Waals surface area contributed by atoms with Crippen molar-refractivity contribution in [1.29, 1.82) is 0 Å². The summed E-state index contributed by atoms with van der Waals surface area (Å²) in [5.74, 6) is -1.44. The average Bonchev–Trinajstić information content (AvgIpc) is 2.67. The van der Waals surface area contributed by atoms with E-state index in [4.69, 9.17) is 9.84 Å². The zero-order valence-electron chi connectivity index (χ0n) is 14.9. The number of anilines is 1. The van der Waals surface area contributed by atoms with Crippen LogP contribution in [0.3, 0.4) is 0 Å². The Balaban J connectivity index is 2.84. The van der Waals surface area contributed by atoms with Crippen molar-refractivity contribution >= 4 is 21.8 Å². The van der Waals surface area contributed by atoms with Crippen molar-refractivity contribution in [3.05, 3.63) is 22.5 Å². The number of ether oxygens (including phenoxy) is 1. The van der Waals surface area contributed by atoms with Gasteiger partial charge in [0.1, 0.15) is 17.0 Å². The first-order valence-corrected chi connectivity index (χ1v) is 9.28. The van der Waals surface area contributed by atoms with Crippen LogP contribution < -0.4 is 13.8 Å². The summed E-state index contributed by atoms with van der Waals surface area (Å²) in [5, 5.41) is 9.05. The lowest BCUT2D eigenvalue weighted by Crippen LogP contribution is -2.45. The molecule has 1 fully saturated rings. The van der Waals surface area contributed by atoms with E-state index < -0.39 is 27.5 Å². The minimum atomic E-state index is -4.25. The number of benzene rings is 1. The van der Waals surface area contributed by atoms with Crippen molar-refractivity contribution in [2.75, 3.05) is 18.0 Å². The van der Waals surface area contributed by atoms with E-state index >= 15 is 4.39 Å². The van der Waals surface area contributed by atoms with Gasteiger partial charge in [0.25, 0.3) is 5.91 Å². The predicted octanol–water partition coefficient (Wildman–Crippen LogP) is 1.34. The minimum Gasteiger partial charge on any atom is -0.494 e. The molecule has 9 heteroatoms. The van der Waals surface area contributed by atoms with Crippen molar-refractivity contribution in [2.24, 2.45) is 0 Å². The van der Waals surface area contributed by atoms with E-state index in [0.29, 0.717) is 23.1 Å². The molecule has 0 atom stereocenters. The van der Waals surface area contributed by atoms with Crippen molar-refractivity contribution in [3.8, 4) is 5.75 Å². The first kappa shape index (κ1) is 19.5. The van der Waals surface area contributed by atoms with E-state index in [0.717, 1.165) is 4.31 Å². The lowest BCUT2D eigenvalue weighted by Gasteiger charge is -2.31. The molecule has 1 amide bonds. The van der Waals surface area contributed by atoms with Crippen LogP contribution in [-0.2, 0) is 21.4 Å². The summed E-state index contributed by atoms with van der Waals surface area (Å²) in [5.41, 5.74) is -0.296. The number of aliphatic hydroxyl groups excluding tert-OH is 1. The number of amides is 1. The third-order valence-electron chi connectivity index (χ3n) is 4.56. The van der Waals surface area contributed by atoms with Crippen LogP contribution in [0.4, 0.5) is 10.1 Å². The molecule has 0 bridgehead atoms. The highest BCUT2D eigenvalue weighted by molar-refractivity contribution is 7.92. The molecule has 7 nitrogen and oxygen atoms in total. The van der Waals surface area contributed by atoms with Crippen LogP contribution in [0.2, 0.25) is 0 Å². The van der Waals surface area contributed by atoms with Crippen LogP contribution in [0.25, 0.3) is 0 Å². The summed E-state index contributed by atoms with van der Waals surface area (Å²) in [6, 6.07) is 0. The van der Waals surface area contributed by atoms with Gasteiger partial charge in [-0.1, -0.05) is 0 Å². The van der Waals surface area contributed by atoms with Gasteiger partial charge in [0.15, 0.2) is 5.82 Å². The highest BCUT2D eigenvalue weighted by Gasteiger charge is 2.52. The standard InChI is InChI=1S/C16H23FN2O5S/c1-9-10(2)14(24-5)13(12(17)11(9)7-6-8-20)19-16(3,4)15(21)18-25(19,22)23/h20H,6-8H2,1-5H3,(H,18,21). The van der Waals surface area contributed by atoms with Crippen LogP contribution in [0.1, 0.15) is 37.0 Å². The maximum atomic E-state index is 15.3. The maximum absolute atomic E-state index is 15.3. The van der Waals surface area contributed by atoms with Crippen LogP contribution in [0, 0.1) is 19.7 Å². The van der Waals surface area contributed by atoms with Gasteiger partial charge in [0.2, 0.25) is 0 Å². The number of carbonyl (C=O) groups excluding carboxylic acids is 1. The number of hydrogen-bond acceptors (Lipinski definition) is 5. The fraction of sp³-hybridized carbons (Fsp3) is 0.562. The summed E-state index contributed by atoms with van der Waals surface area (Å²) in [6.45, 7) is 6.09. The fourth-order valence-electron chi connectivity index (χ4n) is 3.05. The van der Waals surface area contributed by atoms with Gasteiger partial charge < -0.3 is 9.84 Å². The molecule has 0 saturated carbocycles. The Morgan fingerprint density at radius 2 is 1.88 bits per heavy atom. The third kappa shape index (κ3) is 2.95. The number of carbonyl (C=O) groups is 1. The number of nitrogens with one attached hydrogen (secondary N) is 1. The molecule has 1 saturated heterocycles. The molecular formula is C16H23FN2O5S. The van der Waals surface area contributed by atoms with E-state index in [2.05, 4.69) is 0 Å². The van der Waals surface area contributed by atoms with Crippen molar-refractivity contribution in [3.63, 3.8) is 0 Å². The molecule has 0 spiro atoms. The lowest BCUT2D eigenvalue weighted by atomic mass is 9.95. The van der Waals surface area contributed by atoms with Gasteiger partial charge >= 0.3 is 10.2 Å². The average molecular weight is 374 g/mol. The largest absolute Gasteiger partial charge is 0.494 e. The first-order valence-electron chi connectivity index (χ1n) is 7.84. The van der Waals surface area contributed by atoms with Gasteiger partial charge in [0.05, 0.1) is 7.11 Å². The Labute approximate surface area is 147 Å². The molecule has 0 aromatic heterocycles. The molecule has 1 aliphatic heterocycles. The van der Waals surface area contributed by atoms with Gasteiger partial charge in [-0.05, 0) is 57.2 Å². The fourth-order valence-corrected chi connectivity index (χ4v) is 4.71. The minimum absolute atomic E-state index is 0.0656. The Bertz CT molecular complexity index is 821. The van der Waals surface area contributed by atoms with Gasteiger partial charge in [-0.2, -0.15) is 8.42 Å². The number of nitrogens with zero attached hydrogens (tertiary/aromatic N) is 1. The Hall–Kier alpha value is -1.87. The van der Waals surface area contributed by atoms with Gasteiger partial charge in [-0.25, -0.2) is 13.4 Å². The highest BCUT2D eigenvalue weighted by Crippen LogP contribution is 2.44. The monoisotopic (exact) mass is 374 g/mol. The SMILES string of the molecule is COc1c(C)c(C)c(CCCO)c(F)c1N1C(C)(C)C(=O)NS1(=O)=O. The molecule has 0 unspecified atom stereocenters. The summed E-state index contributed by atoms with van der Waals surface area (Å²) in [7, 11) is -2.93. The van der Waals surface area contributed by atoms with E-state index in [-0.39, 0.29) is 24.5 Å². The second-order valence-electron chi connectivity index (χ2n) is 6.51. The zero-order valence-corrected chi connectivity index (χ0v) is 15.8. The summed E-state index contributed by atoms with van der Waals surface area (Å²) < 4.78 is 48.2. The van der Waals surface area contributed by atoms with Crippen molar-refractivity contribution in [2.45, 2.75) is 46.1 Å². The number of hydrogen-bond donors (Lipinski definition) is 2. The predicted molar refractivity (Wildman–Crippen MR) is 91.5 cm³/mol. The summed E-state index contributed by atoms with van der Waals surface area (Å²) >= 11 is 0. The maximum Gasteiger partial charge on any atom is 0.327 e. The van der Waals surface area contributed by atoms with Crippen LogP contribution in [0.5, 0.6) is 5.75 Å². The van der Waals surface area contributed by atoms with Gasteiger partial charge in [0, 0.05) is 6.61 Å². The molecular weight excluding hydrogens is 351 g/mol. The van der Waals surface area contributed by atoms with Crippen LogP contribution in [0.15, 0.2) is 0 Å². The molecule has 1 aliphatic rings. The molecule has 2 N–H and O–H groups in total. The number of aliphatic hydroxyl groups is 1. The van der Waals surface area contributed by atoms with Gasteiger partial charge in [-0.3, -0.25) is 4.79 Å². The second-order valence-corrected chi connectivity index (χ2v) is 8.03. The Morgan fingerprint density at radius 1 is 1.28 bits per heavy atom. The molecule has 140 valence electrons. The molecule has 25 heavy (non-hydrogen) atoms. The van der Waals surface area contributed by atoms with E-state index in [1.54, 1.807) is 13.8 Å². The molecule has 0 aliphatic carbocycles. The van der Waals surface area contributed by atoms with Crippen LogP contribution in [-0.4, -0.2) is 38.7 Å². The van der Waals surface area contributed by atoms with Crippen molar-refractivity contribution in [1.82, 2.24) is 4.72 Å². The number of rotatable bonds is 5. The van der Waals surface area contributed by atoms with E-state index in [9.17, 15) is 13.2 Å². The molecule has 1 aromatic rings. The molecule has 1 aromatic carbocycles. The highest BCUT2D eigenvalue weighted by atomic mass is 32.2. The normalized spacial score (nSPS) is 18.4. The molecule has 0 radical (unpaired) electrons.